The number of rotatable bonds is 3. The topological polar surface area (TPSA) is 73.9 Å². The van der Waals surface area contributed by atoms with Crippen molar-refractivity contribution < 1.29 is 23.8 Å². The maximum atomic E-state index is 12.8. The summed E-state index contributed by atoms with van der Waals surface area (Å²) in [4.78, 5) is 25.4. The van der Waals surface area contributed by atoms with Gasteiger partial charge in [0, 0.05) is 23.8 Å². The number of carbonyl (C=O) groups is 2. The summed E-state index contributed by atoms with van der Waals surface area (Å²) in [6.07, 6.45) is 3.74. The number of benzene rings is 1. The van der Waals surface area contributed by atoms with Crippen LogP contribution < -0.4 is 14.8 Å². The van der Waals surface area contributed by atoms with E-state index in [-0.39, 0.29) is 24.3 Å². The van der Waals surface area contributed by atoms with Crippen LogP contribution in [0, 0.1) is 11.8 Å². The van der Waals surface area contributed by atoms with Crippen LogP contribution in [0.15, 0.2) is 18.2 Å². The lowest BCUT2D eigenvalue weighted by Gasteiger charge is -2.55. The van der Waals surface area contributed by atoms with Crippen molar-refractivity contribution in [1.82, 2.24) is 5.32 Å². The first kappa shape index (κ1) is 16.2. The molecule has 1 amide bonds. The zero-order chi connectivity index (χ0) is 17.6. The first-order chi connectivity index (χ1) is 12.1. The second kappa shape index (κ2) is 5.93. The quantitative estimate of drug-likeness (QED) is 0.672. The minimum absolute atomic E-state index is 0.0629. The van der Waals surface area contributed by atoms with Gasteiger partial charge >= 0.3 is 5.97 Å². The molecule has 1 saturated carbocycles. The Morgan fingerprint density at radius 2 is 2.24 bits per heavy atom. The van der Waals surface area contributed by atoms with E-state index in [2.05, 4.69) is 5.32 Å². The molecule has 1 aliphatic carbocycles. The SMILES string of the molecule is CCOC(=O)[C@@H]1C(=O)N[C@]23CCCC[C@@H]2[C@H]1c1cc(OC)ccc1O3. The van der Waals surface area contributed by atoms with Crippen LogP contribution in [-0.2, 0) is 14.3 Å². The molecule has 0 unspecified atom stereocenters. The molecule has 2 heterocycles. The Morgan fingerprint density at radius 1 is 1.40 bits per heavy atom. The van der Waals surface area contributed by atoms with Crippen LogP contribution in [0.25, 0.3) is 0 Å². The number of methoxy groups -OCH3 is 1. The molecule has 1 aromatic rings. The second-order valence-electron chi connectivity index (χ2n) is 6.99. The number of nitrogens with one attached hydrogen (secondary N) is 1. The van der Waals surface area contributed by atoms with Crippen molar-refractivity contribution in [3.63, 3.8) is 0 Å². The number of ether oxygens (including phenoxy) is 3. The number of amides is 1. The van der Waals surface area contributed by atoms with Crippen LogP contribution in [0.5, 0.6) is 11.5 Å². The Balaban J connectivity index is 1.86. The number of carbonyl (C=O) groups excluding carboxylic acids is 2. The van der Waals surface area contributed by atoms with Gasteiger partial charge in [-0.25, -0.2) is 0 Å². The maximum Gasteiger partial charge on any atom is 0.319 e. The van der Waals surface area contributed by atoms with Gasteiger partial charge in [-0.1, -0.05) is 6.42 Å². The summed E-state index contributed by atoms with van der Waals surface area (Å²) in [5, 5.41) is 3.03. The van der Waals surface area contributed by atoms with Gasteiger partial charge in [-0.3, -0.25) is 9.59 Å². The van der Waals surface area contributed by atoms with Crippen molar-refractivity contribution >= 4 is 11.9 Å². The van der Waals surface area contributed by atoms with Crippen LogP contribution in [0.2, 0.25) is 0 Å². The summed E-state index contributed by atoms with van der Waals surface area (Å²) in [6, 6.07) is 5.60. The van der Waals surface area contributed by atoms with Crippen molar-refractivity contribution in [3.8, 4) is 11.5 Å². The number of esters is 1. The number of fused-ring (bicyclic) bond motifs is 2. The van der Waals surface area contributed by atoms with E-state index < -0.39 is 17.6 Å². The van der Waals surface area contributed by atoms with Crippen LogP contribution >= 0.6 is 0 Å². The molecule has 4 rings (SSSR count). The molecule has 1 aromatic carbocycles. The fourth-order valence-electron chi connectivity index (χ4n) is 4.71. The van der Waals surface area contributed by atoms with E-state index in [0.717, 1.165) is 37.0 Å². The Labute approximate surface area is 146 Å². The van der Waals surface area contributed by atoms with E-state index in [1.54, 1.807) is 14.0 Å². The Morgan fingerprint density at radius 3 is 3.00 bits per heavy atom. The third-order valence-corrected chi connectivity index (χ3v) is 5.73. The zero-order valence-corrected chi connectivity index (χ0v) is 14.5. The Bertz CT molecular complexity index is 718. The normalized spacial score (nSPS) is 32.6. The first-order valence-electron chi connectivity index (χ1n) is 8.95. The minimum atomic E-state index is -0.842. The molecular formula is C19H23NO5. The second-order valence-corrected chi connectivity index (χ2v) is 6.99. The van der Waals surface area contributed by atoms with Gasteiger partial charge in [0.05, 0.1) is 13.7 Å². The molecular weight excluding hydrogens is 322 g/mol. The van der Waals surface area contributed by atoms with Gasteiger partial charge in [0.1, 0.15) is 17.4 Å². The summed E-state index contributed by atoms with van der Waals surface area (Å²) in [6.45, 7) is 2.01. The van der Waals surface area contributed by atoms with Gasteiger partial charge < -0.3 is 19.5 Å². The van der Waals surface area contributed by atoms with Crippen molar-refractivity contribution in [3.05, 3.63) is 23.8 Å². The van der Waals surface area contributed by atoms with Gasteiger partial charge in [-0.15, -0.1) is 0 Å². The average molecular weight is 345 g/mol. The van der Waals surface area contributed by atoms with E-state index in [9.17, 15) is 9.59 Å². The lowest BCUT2D eigenvalue weighted by molar-refractivity contribution is -0.171. The van der Waals surface area contributed by atoms with Gasteiger partial charge in [0.25, 0.3) is 0 Å². The highest BCUT2D eigenvalue weighted by Gasteiger charge is 2.61. The molecule has 2 fully saturated rings. The molecule has 6 heteroatoms. The molecule has 0 aromatic heterocycles. The molecule has 3 aliphatic rings. The van der Waals surface area contributed by atoms with Crippen LogP contribution in [0.3, 0.4) is 0 Å². The Hall–Kier alpha value is -2.24. The summed E-state index contributed by atoms with van der Waals surface area (Å²) in [7, 11) is 1.60. The van der Waals surface area contributed by atoms with Crippen molar-refractivity contribution in [1.29, 1.82) is 0 Å². The number of piperidine rings is 1. The Kier molecular flexibility index (Phi) is 3.85. The highest BCUT2D eigenvalue weighted by atomic mass is 16.5. The minimum Gasteiger partial charge on any atom is -0.497 e. The fraction of sp³-hybridized carbons (Fsp3) is 0.579. The van der Waals surface area contributed by atoms with E-state index in [4.69, 9.17) is 14.2 Å². The smallest absolute Gasteiger partial charge is 0.319 e. The average Bonchev–Trinajstić information content (AvgIpc) is 2.60. The lowest BCUT2D eigenvalue weighted by atomic mass is 9.62. The van der Waals surface area contributed by atoms with E-state index in [0.29, 0.717) is 5.75 Å². The molecule has 1 N–H and O–H groups in total. The van der Waals surface area contributed by atoms with Gasteiger partial charge in [-0.2, -0.15) is 0 Å². The molecule has 1 saturated heterocycles. The molecule has 0 spiro atoms. The number of hydrogen-bond donors (Lipinski definition) is 1. The largest absolute Gasteiger partial charge is 0.497 e. The van der Waals surface area contributed by atoms with Crippen LogP contribution in [0.4, 0.5) is 0 Å². The van der Waals surface area contributed by atoms with Gasteiger partial charge in [0.2, 0.25) is 5.91 Å². The highest BCUT2D eigenvalue weighted by Crippen LogP contribution is 2.56. The third kappa shape index (κ3) is 2.38. The lowest BCUT2D eigenvalue weighted by Crippen LogP contribution is -2.69. The summed E-state index contributed by atoms with van der Waals surface area (Å²) >= 11 is 0. The predicted octanol–water partition coefficient (Wildman–Crippen LogP) is 2.37. The van der Waals surface area contributed by atoms with Crippen LogP contribution in [-0.4, -0.2) is 31.3 Å². The summed E-state index contributed by atoms with van der Waals surface area (Å²) in [5.41, 5.74) is 0.166. The number of hydrogen-bond acceptors (Lipinski definition) is 5. The van der Waals surface area contributed by atoms with E-state index >= 15 is 0 Å². The van der Waals surface area contributed by atoms with E-state index in [1.807, 2.05) is 18.2 Å². The zero-order valence-electron chi connectivity index (χ0n) is 14.5. The third-order valence-electron chi connectivity index (χ3n) is 5.73. The molecule has 4 atom stereocenters. The van der Waals surface area contributed by atoms with Gasteiger partial charge in [-0.05, 0) is 38.0 Å². The predicted molar refractivity (Wildman–Crippen MR) is 89.3 cm³/mol. The molecule has 134 valence electrons. The van der Waals surface area contributed by atoms with Crippen molar-refractivity contribution in [2.75, 3.05) is 13.7 Å². The molecule has 25 heavy (non-hydrogen) atoms. The summed E-state index contributed by atoms with van der Waals surface area (Å²) in [5.74, 6) is -0.363. The highest BCUT2D eigenvalue weighted by molar-refractivity contribution is 6.00. The fourth-order valence-corrected chi connectivity index (χ4v) is 4.71. The molecule has 0 radical (unpaired) electrons. The summed E-state index contributed by atoms with van der Waals surface area (Å²) < 4.78 is 16.9. The monoisotopic (exact) mass is 345 g/mol. The molecule has 6 nitrogen and oxygen atoms in total. The molecule has 2 bridgehead atoms. The van der Waals surface area contributed by atoms with Crippen molar-refractivity contribution in [2.24, 2.45) is 11.8 Å². The van der Waals surface area contributed by atoms with E-state index in [1.165, 1.54) is 0 Å². The van der Waals surface area contributed by atoms with Gasteiger partial charge in [0.15, 0.2) is 5.72 Å². The standard InChI is InChI=1S/C19H23NO5/c1-3-24-18(22)16-15-12-10-11(23-2)7-8-14(12)25-19(20-17(16)21)9-5-4-6-13(15)19/h7-8,10,13,15-16H,3-6,9H2,1-2H3,(H,20,21)/t13-,15-,16+,19+/m1/s1. The molecule has 2 aliphatic heterocycles. The van der Waals surface area contributed by atoms with Crippen LogP contribution in [0.1, 0.15) is 44.1 Å². The van der Waals surface area contributed by atoms with Crippen molar-refractivity contribution in [2.45, 2.75) is 44.2 Å². The first-order valence-corrected chi connectivity index (χ1v) is 8.95. The maximum absolute atomic E-state index is 12.8.